The molecule has 1 unspecified atom stereocenters. The zero-order valence-electron chi connectivity index (χ0n) is 8.75. The number of hydrogen-bond donors (Lipinski definition) is 1. The Balaban J connectivity index is 2.65. The summed E-state index contributed by atoms with van der Waals surface area (Å²) in [6.07, 6.45) is -0.724. The van der Waals surface area contributed by atoms with Gasteiger partial charge in [0.2, 0.25) is 0 Å². The molecule has 5 nitrogen and oxygen atoms in total. The van der Waals surface area contributed by atoms with E-state index >= 15 is 0 Å². The van der Waals surface area contributed by atoms with Crippen molar-refractivity contribution in [2.24, 2.45) is 5.29 Å². The van der Waals surface area contributed by atoms with Crippen molar-refractivity contribution in [1.82, 2.24) is 5.01 Å². The van der Waals surface area contributed by atoms with Crippen LogP contribution >= 0.6 is 0 Å². The van der Waals surface area contributed by atoms with E-state index in [-0.39, 0.29) is 6.54 Å². The molecular formula is C10H14N2O3. The lowest BCUT2D eigenvalue weighted by molar-refractivity contribution is 0.128. The lowest BCUT2D eigenvalue weighted by Gasteiger charge is -2.15. The molecule has 1 atom stereocenters. The summed E-state index contributed by atoms with van der Waals surface area (Å²) in [5.74, 6) is 0.729. The first-order chi connectivity index (χ1) is 7.17. The summed E-state index contributed by atoms with van der Waals surface area (Å²) in [6, 6.07) is 7.02. The molecule has 0 radical (unpaired) electrons. The third-order valence-corrected chi connectivity index (χ3v) is 2.08. The average molecular weight is 210 g/mol. The number of methoxy groups -OCH3 is 1. The molecule has 1 aromatic carbocycles. The quantitative estimate of drug-likeness (QED) is 0.588. The van der Waals surface area contributed by atoms with Gasteiger partial charge < -0.3 is 9.84 Å². The van der Waals surface area contributed by atoms with Crippen molar-refractivity contribution >= 4 is 0 Å². The van der Waals surface area contributed by atoms with Crippen LogP contribution in [0, 0.1) is 4.91 Å². The van der Waals surface area contributed by atoms with E-state index in [4.69, 9.17) is 4.74 Å². The lowest BCUT2D eigenvalue weighted by Crippen LogP contribution is -2.18. The molecule has 0 saturated heterocycles. The van der Waals surface area contributed by atoms with Gasteiger partial charge in [0, 0.05) is 7.05 Å². The van der Waals surface area contributed by atoms with E-state index in [0.29, 0.717) is 0 Å². The zero-order valence-corrected chi connectivity index (χ0v) is 8.75. The number of aliphatic hydroxyl groups is 1. The van der Waals surface area contributed by atoms with Crippen LogP contribution in [0.5, 0.6) is 5.75 Å². The number of ether oxygens (including phenoxy) is 1. The standard InChI is InChI=1S/C10H14N2O3/c1-12(11-14)7-10(13)8-3-5-9(15-2)6-4-8/h3-6,10,13H,7H2,1-2H3. The highest BCUT2D eigenvalue weighted by Crippen LogP contribution is 2.18. The van der Waals surface area contributed by atoms with Crippen molar-refractivity contribution in [2.45, 2.75) is 6.10 Å². The minimum atomic E-state index is -0.724. The van der Waals surface area contributed by atoms with E-state index < -0.39 is 6.10 Å². The molecule has 1 N–H and O–H groups in total. The Hall–Kier alpha value is -1.62. The molecule has 0 aliphatic carbocycles. The molecule has 0 saturated carbocycles. The number of nitroso groups, excluding NO2 is 1. The van der Waals surface area contributed by atoms with Crippen molar-refractivity contribution in [2.75, 3.05) is 20.7 Å². The molecule has 0 aromatic heterocycles. The van der Waals surface area contributed by atoms with Crippen LogP contribution in [0.3, 0.4) is 0 Å². The summed E-state index contributed by atoms with van der Waals surface area (Å²) in [5.41, 5.74) is 0.728. The van der Waals surface area contributed by atoms with Crippen molar-refractivity contribution in [3.63, 3.8) is 0 Å². The lowest BCUT2D eigenvalue weighted by atomic mass is 10.1. The summed E-state index contributed by atoms with van der Waals surface area (Å²) < 4.78 is 4.99. The second-order valence-corrected chi connectivity index (χ2v) is 3.21. The van der Waals surface area contributed by atoms with Gasteiger partial charge in [-0.15, -0.1) is 4.91 Å². The fraction of sp³-hybridized carbons (Fsp3) is 0.400. The molecule has 0 fully saturated rings. The van der Waals surface area contributed by atoms with Crippen molar-refractivity contribution in [3.05, 3.63) is 34.7 Å². The number of hydrogen-bond acceptors (Lipinski definition) is 4. The number of likely N-dealkylation sites (N-methyl/N-ethyl adjacent to an activating group) is 1. The van der Waals surface area contributed by atoms with Crippen LogP contribution in [0.1, 0.15) is 11.7 Å². The summed E-state index contributed by atoms with van der Waals surface area (Å²) in [5, 5.41) is 13.5. The van der Waals surface area contributed by atoms with Crippen LogP contribution in [0.2, 0.25) is 0 Å². The average Bonchev–Trinajstić information content (AvgIpc) is 2.29. The Labute approximate surface area is 88.2 Å². The third-order valence-electron chi connectivity index (χ3n) is 2.08. The van der Waals surface area contributed by atoms with E-state index in [1.54, 1.807) is 31.4 Å². The van der Waals surface area contributed by atoms with Crippen LogP contribution in [0.25, 0.3) is 0 Å². The Kier molecular flexibility index (Phi) is 4.05. The maximum atomic E-state index is 10.1. The number of rotatable bonds is 5. The second-order valence-electron chi connectivity index (χ2n) is 3.21. The second kappa shape index (κ2) is 5.31. The number of benzene rings is 1. The highest BCUT2D eigenvalue weighted by Gasteiger charge is 2.10. The van der Waals surface area contributed by atoms with Gasteiger partial charge in [0.05, 0.1) is 25.0 Å². The first kappa shape index (κ1) is 11.5. The summed E-state index contributed by atoms with van der Waals surface area (Å²) in [7, 11) is 3.09. The molecule has 0 bridgehead atoms. The normalized spacial score (nSPS) is 11.9. The number of aliphatic hydroxyl groups excluding tert-OH is 1. The predicted molar refractivity (Wildman–Crippen MR) is 56.4 cm³/mol. The minimum Gasteiger partial charge on any atom is -0.497 e. The van der Waals surface area contributed by atoms with Crippen LogP contribution in [0.4, 0.5) is 0 Å². The van der Waals surface area contributed by atoms with Crippen molar-refractivity contribution in [3.8, 4) is 5.75 Å². The zero-order chi connectivity index (χ0) is 11.3. The van der Waals surface area contributed by atoms with Crippen LogP contribution in [-0.2, 0) is 0 Å². The van der Waals surface area contributed by atoms with Gasteiger partial charge >= 0.3 is 0 Å². The van der Waals surface area contributed by atoms with Gasteiger partial charge in [0.1, 0.15) is 5.75 Å². The van der Waals surface area contributed by atoms with E-state index in [2.05, 4.69) is 5.29 Å². The van der Waals surface area contributed by atoms with Gasteiger partial charge in [-0.3, -0.25) is 5.01 Å². The first-order valence-electron chi connectivity index (χ1n) is 4.53. The topological polar surface area (TPSA) is 62.1 Å². The van der Waals surface area contributed by atoms with Gasteiger partial charge in [-0.2, -0.15) is 0 Å². The maximum absolute atomic E-state index is 10.1. The Morgan fingerprint density at radius 3 is 2.53 bits per heavy atom. The largest absolute Gasteiger partial charge is 0.497 e. The molecule has 0 amide bonds. The van der Waals surface area contributed by atoms with E-state index in [9.17, 15) is 10.0 Å². The molecular weight excluding hydrogens is 196 g/mol. The minimum absolute atomic E-state index is 0.176. The molecule has 82 valence electrons. The van der Waals surface area contributed by atoms with Crippen molar-refractivity contribution in [1.29, 1.82) is 0 Å². The smallest absolute Gasteiger partial charge is 0.118 e. The summed E-state index contributed by atoms with van der Waals surface area (Å²) in [4.78, 5) is 10.1. The fourth-order valence-electron chi connectivity index (χ4n) is 1.22. The fourth-order valence-corrected chi connectivity index (χ4v) is 1.22. The van der Waals surface area contributed by atoms with E-state index in [0.717, 1.165) is 16.3 Å². The van der Waals surface area contributed by atoms with Gasteiger partial charge in [0.15, 0.2) is 0 Å². The molecule has 0 spiro atoms. The third kappa shape index (κ3) is 3.21. The molecule has 5 heteroatoms. The maximum Gasteiger partial charge on any atom is 0.118 e. The van der Waals surface area contributed by atoms with Crippen molar-refractivity contribution < 1.29 is 9.84 Å². The van der Waals surface area contributed by atoms with E-state index in [1.165, 1.54) is 7.05 Å². The monoisotopic (exact) mass is 210 g/mol. The summed E-state index contributed by atoms with van der Waals surface area (Å²) in [6.45, 7) is 0.176. The van der Waals surface area contributed by atoms with Crippen LogP contribution in [-0.4, -0.2) is 30.8 Å². The van der Waals surface area contributed by atoms with E-state index in [1.807, 2.05) is 0 Å². The SMILES string of the molecule is COc1ccc(C(O)CN(C)N=O)cc1. The Morgan fingerprint density at radius 2 is 2.07 bits per heavy atom. The molecule has 0 aliphatic heterocycles. The van der Waals surface area contributed by atoms with Crippen LogP contribution in [0.15, 0.2) is 29.6 Å². The predicted octanol–water partition coefficient (Wildman–Crippen LogP) is 1.34. The summed E-state index contributed by atoms with van der Waals surface area (Å²) >= 11 is 0. The molecule has 15 heavy (non-hydrogen) atoms. The van der Waals surface area contributed by atoms with Gasteiger partial charge in [-0.05, 0) is 17.7 Å². The highest BCUT2D eigenvalue weighted by molar-refractivity contribution is 5.28. The molecule has 1 aromatic rings. The highest BCUT2D eigenvalue weighted by atomic mass is 16.5. The first-order valence-corrected chi connectivity index (χ1v) is 4.53. The molecule has 0 aliphatic rings. The number of nitrogens with zero attached hydrogens (tertiary/aromatic N) is 2. The molecule has 1 rings (SSSR count). The van der Waals surface area contributed by atoms with Gasteiger partial charge in [-0.1, -0.05) is 12.1 Å². The Morgan fingerprint density at radius 1 is 1.47 bits per heavy atom. The van der Waals surface area contributed by atoms with Gasteiger partial charge in [-0.25, -0.2) is 0 Å². The Bertz CT molecular complexity index is 313. The molecule has 0 heterocycles. The van der Waals surface area contributed by atoms with Gasteiger partial charge in [0.25, 0.3) is 0 Å². The van der Waals surface area contributed by atoms with Crippen LogP contribution < -0.4 is 4.74 Å².